The summed E-state index contributed by atoms with van der Waals surface area (Å²) in [6.07, 6.45) is 1.61. The molecule has 0 bridgehead atoms. The number of ether oxygens (including phenoxy) is 2. The number of benzene rings is 3. The van der Waals surface area contributed by atoms with Crippen molar-refractivity contribution in [3.8, 4) is 17.6 Å². The second-order valence-corrected chi connectivity index (χ2v) is 7.42. The predicted octanol–water partition coefficient (Wildman–Crippen LogP) is 6.60. The number of aryl methyl sites for hydroxylation is 1. The Bertz CT molecular complexity index is 1200. The third-order valence-corrected chi connectivity index (χ3v) is 4.92. The van der Waals surface area contributed by atoms with Gasteiger partial charge in [0.1, 0.15) is 6.61 Å². The minimum Gasteiger partial charge on any atom is -0.490 e. The maximum Gasteiger partial charge on any atom is 0.270 e. The van der Waals surface area contributed by atoms with E-state index < -0.39 is 4.92 Å². The van der Waals surface area contributed by atoms with E-state index in [1.807, 2.05) is 38.1 Å². The number of nitro groups is 1. The van der Waals surface area contributed by atoms with Crippen LogP contribution in [-0.4, -0.2) is 11.5 Å². The number of halogens is 1. The van der Waals surface area contributed by atoms with Crippen LogP contribution >= 0.6 is 11.6 Å². The number of nitriles is 1. The summed E-state index contributed by atoms with van der Waals surface area (Å²) >= 11 is 6.49. The largest absolute Gasteiger partial charge is 0.490 e. The predicted molar refractivity (Wildman–Crippen MR) is 125 cm³/mol. The normalized spacial score (nSPS) is 11.0. The molecule has 3 rings (SSSR count). The molecule has 3 aromatic carbocycles. The summed E-state index contributed by atoms with van der Waals surface area (Å²) in [5, 5.41) is 21.0. The van der Waals surface area contributed by atoms with E-state index >= 15 is 0 Å². The van der Waals surface area contributed by atoms with Gasteiger partial charge < -0.3 is 9.47 Å². The molecule has 0 spiro atoms. The molecule has 0 aliphatic rings. The van der Waals surface area contributed by atoms with Crippen LogP contribution in [-0.2, 0) is 6.61 Å². The Morgan fingerprint density at radius 2 is 1.91 bits per heavy atom. The van der Waals surface area contributed by atoms with Crippen molar-refractivity contribution in [1.29, 1.82) is 5.26 Å². The molecular formula is C25H21ClN2O4. The zero-order valence-corrected chi connectivity index (χ0v) is 18.4. The SMILES string of the molecule is CCOc1cc(/C=C(/C#N)c2cccc([N+](=O)[O-])c2)cc(Cl)c1OCc1ccc(C)cc1. The fourth-order valence-corrected chi connectivity index (χ4v) is 3.32. The second kappa shape index (κ2) is 10.5. The first-order chi connectivity index (χ1) is 15.4. The van der Waals surface area contributed by atoms with E-state index in [1.165, 1.54) is 12.1 Å². The molecule has 3 aromatic rings. The van der Waals surface area contributed by atoms with Gasteiger partial charge in [-0.3, -0.25) is 10.1 Å². The topological polar surface area (TPSA) is 85.4 Å². The molecule has 0 radical (unpaired) electrons. The van der Waals surface area contributed by atoms with E-state index in [0.717, 1.165) is 11.1 Å². The summed E-state index contributed by atoms with van der Waals surface area (Å²) in [6, 6.07) is 19.4. The highest BCUT2D eigenvalue weighted by Gasteiger charge is 2.14. The molecule has 0 aromatic heterocycles. The summed E-state index contributed by atoms with van der Waals surface area (Å²) < 4.78 is 11.7. The van der Waals surface area contributed by atoms with Crippen molar-refractivity contribution in [1.82, 2.24) is 0 Å². The average molecular weight is 449 g/mol. The first-order valence-electron chi connectivity index (χ1n) is 9.92. The average Bonchev–Trinajstić information content (AvgIpc) is 2.78. The van der Waals surface area contributed by atoms with Crippen LogP contribution in [0.5, 0.6) is 11.5 Å². The lowest BCUT2D eigenvalue weighted by Gasteiger charge is -2.15. The molecule has 0 aliphatic carbocycles. The molecule has 6 nitrogen and oxygen atoms in total. The van der Waals surface area contributed by atoms with E-state index in [9.17, 15) is 15.4 Å². The first kappa shape index (κ1) is 22.9. The Kier molecular flexibility index (Phi) is 7.48. The van der Waals surface area contributed by atoms with E-state index in [1.54, 1.807) is 30.3 Å². The molecule has 162 valence electrons. The number of rotatable bonds is 8. The van der Waals surface area contributed by atoms with E-state index in [-0.39, 0.29) is 11.3 Å². The zero-order valence-electron chi connectivity index (χ0n) is 17.7. The number of nitro benzene ring substituents is 1. The van der Waals surface area contributed by atoms with Crippen LogP contribution in [0.2, 0.25) is 5.02 Å². The van der Waals surface area contributed by atoms with Crippen LogP contribution in [0, 0.1) is 28.4 Å². The first-order valence-corrected chi connectivity index (χ1v) is 10.3. The van der Waals surface area contributed by atoms with Crippen LogP contribution in [0.1, 0.15) is 29.2 Å². The van der Waals surface area contributed by atoms with Gasteiger partial charge in [-0.15, -0.1) is 0 Å². The van der Waals surface area contributed by atoms with Gasteiger partial charge in [-0.2, -0.15) is 5.26 Å². The lowest BCUT2D eigenvalue weighted by Crippen LogP contribution is -2.01. The van der Waals surface area contributed by atoms with Gasteiger partial charge in [0.05, 0.1) is 28.2 Å². The maximum absolute atomic E-state index is 11.1. The third-order valence-electron chi connectivity index (χ3n) is 4.63. The Hall–Kier alpha value is -3.82. The molecule has 0 amide bonds. The van der Waals surface area contributed by atoms with Crippen molar-refractivity contribution in [2.24, 2.45) is 0 Å². The number of allylic oxidation sites excluding steroid dienone is 1. The summed E-state index contributed by atoms with van der Waals surface area (Å²) in [6.45, 7) is 4.60. The van der Waals surface area contributed by atoms with Crippen LogP contribution in [0.25, 0.3) is 11.6 Å². The Balaban J connectivity index is 1.93. The van der Waals surface area contributed by atoms with E-state index in [2.05, 4.69) is 6.07 Å². The van der Waals surface area contributed by atoms with Gasteiger partial charge in [0.25, 0.3) is 5.69 Å². The van der Waals surface area contributed by atoms with Gasteiger partial charge >= 0.3 is 0 Å². The molecule has 0 aliphatic heterocycles. The molecule has 0 unspecified atom stereocenters. The molecule has 0 N–H and O–H groups in total. The lowest BCUT2D eigenvalue weighted by atomic mass is 10.0. The van der Waals surface area contributed by atoms with Crippen molar-refractivity contribution in [2.45, 2.75) is 20.5 Å². The molecule has 0 saturated carbocycles. The highest BCUT2D eigenvalue weighted by atomic mass is 35.5. The van der Waals surface area contributed by atoms with Gasteiger partial charge in [-0.05, 0) is 48.7 Å². The summed E-state index contributed by atoms with van der Waals surface area (Å²) in [4.78, 5) is 10.6. The maximum atomic E-state index is 11.1. The van der Waals surface area contributed by atoms with E-state index in [0.29, 0.717) is 40.9 Å². The Labute approximate surface area is 191 Å². The van der Waals surface area contributed by atoms with E-state index in [4.69, 9.17) is 21.1 Å². The number of hydrogen-bond donors (Lipinski definition) is 0. The van der Waals surface area contributed by atoms with Gasteiger partial charge in [0.2, 0.25) is 0 Å². The van der Waals surface area contributed by atoms with Crippen LogP contribution in [0.4, 0.5) is 5.69 Å². The molecular weight excluding hydrogens is 428 g/mol. The number of hydrogen-bond acceptors (Lipinski definition) is 5. The molecule has 0 heterocycles. The van der Waals surface area contributed by atoms with Crippen molar-refractivity contribution in [3.63, 3.8) is 0 Å². The van der Waals surface area contributed by atoms with Crippen molar-refractivity contribution >= 4 is 28.9 Å². The second-order valence-electron chi connectivity index (χ2n) is 7.01. The monoisotopic (exact) mass is 448 g/mol. The minimum atomic E-state index is -0.497. The number of non-ortho nitro benzene ring substituents is 1. The van der Waals surface area contributed by atoms with Crippen LogP contribution < -0.4 is 9.47 Å². The molecule has 32 heavy (non-hydrogen) atoms. The Morgan fingerprint density at radius 1 is 1.16 bits per heavy atom. The zero-order chi connectivity index (χ0) is 23.1. The summed E-state index contributed by atoms with van der Waals surface area (Å²) in [5.74, 6) is 0.870. The van der Waals surface area contributed by atoms with Gasteiger partial charge in [-0.1, -0.05) is 53.6 Å². The fraction of sp³-hybridized carbons (Fsp3) is 0.160. The van der Waals surface area contributed by atoms with Crippen molar-refractivity contribution in [2.75, 3.05) is 6.61 Å². The highest BCUT2D eigenvalue weighted by Crippen LogP contribution is 2.38. The molecule has 0 atom stereocenters. The molecule has 0 saturated heterocycles. The summed E-state index contributed by atoms with van der Waals surface area (Å²) in [7, 11) is 0. The van der Waals surface area contributed by atoms with Crippen LogP contribution in [0.3, 0.4) is 0 Å². The van der Waals surface area contributed by atoms with Gasteiger partial charge in [0, 0.05) is 12.1 Å². The minimum absolute atomic E-state index is 0.0865. The van der Waals surface area contributed by atoms with Gasteiger partial charge in [-0.25, -0.2) is 0 Å². The summed E-state index contributed by atoms with van der Waals surface area (Å²) in [5.41, 5.74) is 3.39. The number of nitrogens with zero attached hydrogens (tertiary/aromatic N) is 2. The van der Waals surface area contributed by atoms with Gasteiger partial charge in [0.15, 0.2) is 11.5 Å². The quantitative estimate of drug-likeness (QED) is 0.168. The standard InChI is InChI=1S/C25H21ClN2O4/c1-3-31-24-13-19(11-21(15-27)20-5-4-6-22(14-20)28(29)30)12-23(26)25(24)32-16-18-9-7-17(2)8-10-18/h4-14H,3,16H2,1-2H3/b21-11-. The molecule has 0 fully saturated rings. The van der Waals surface area contributed by atoms with Crippen LogP contribution in [0.15, 0.2) is 60.7 Å². The smallest absolute Gasteiger partial charge is 0.270 e. The lowest BCUT2D eigenvalue weighted by molar-refractivity contribution is -0.384. The van der Waals surface area contributed by atoms with Crippen molar-refractivity contribution < 1.29 is 14.4 Å². The highest BCUT2D eigenvalue weighted by molar-refractivity contribution is 6.32. The van der Waals surface area contributed by atoms with Crippen molar-refractivity contribution in [3.05, 3.63) is 98.1 Å². The molecule has 7 heteroatoms. The Morgan fingerprint density at radius 3 is 2.56 bits per heavy atom. The fourth-order valence-electron chi connectivity index (χ4n) is 3.05. The third kappa shape index (κ3) is 5.65.